The van der Waals surface area contributed by atoms with Gasteiger partial charge in [-0.25, -0.2) is 0 Å². The molecule has 0 heterocycles. The summed E-state index contributed by atoms with van der Waals surface area (Å²) in [6.07, 6.45) is 0. The van der Waals surface area contributed by atoms with E-state index < -0.39 is 0 Å². The molecule has 0 saturated heterocycles. The molecule has 0 amide bonds. The predicted octanol–water partition coefficient (Wildman–Crippen LogP) is -0.379. The average molecular weight is 175 g/mol. The fourth-order valence-electron chi connectivity index (χ4n) is 0. The Labute approximate surface area is 93.5 Å². The molecule has 0 fully saturated rings. The van der Waals surface area contributed by atoms with Crippen molar-refractivity contribution >= 4 is 0 Å². The second-order valence-electron chi connectivity index (χ2n) is 2.77. The van der Waals surface area contributed by atoms with Crippen LogP contribution in [0, 0.1) is 37.7 Å². The van der Waals surface area contributed by atoms with Gasteiger partial charge in [0.2, 0.25) is 0 Å². The predicted molar refractivity (Wildman–Crippen MR) is 35.6 cm³/mol. The molecule has 0 N–H and O–H groups in total. The molecule has 0 aliphatic rings. The summed E-state index contributed by atoms with van der Waals surface area (Å²) >= 11 is 0. The molecule has 3 nitrogen and oxygen atoms in total. The maximum Gasteiger partial charge on any atom is 0.0751 e. The van der Waals surface area contributed by atoms with Gasteiger partial charge in [0.1, 0.15) is 0 Å². The number of hydrogen-bond donors (Lipinski definition) is 0. The van der Waals surface area contributed by atoms with Crippen molar-refractivity contribution < 1.29 is 52.4 Å². The first-order valence-corrected chi connectivity index (χ1v) is 2.94. The van der Waals surface area contributed by atoms with E-state index in [2.05, 4.69) is 33.0 Å². The smallest absolute Gasteiger partial charge is 0.0751 e. The van der Waals surface area contributed by atoms with Crippen molar-refractivity contribution in [1.82, 2.24) is 0 Å². The Morgan fingerprint density at radius 3 is 1.40 bits per heavy atom. The molecule has 66 valence electrons. The Morgan fingerprint density at radius 2 is 1.40 bits per heavy atom. The van der Waals surface area contributed by atoms with E-state index in [1.54, 1.807) is 0 Å². The van der Waals surface area contributed by atoms with Crippen LogP contribution in [-0.4, -0.2) is 39.3 Å². The zero-order valence-corrected chi connectivity index (χ0v) is 8.03. The molecular weight excluding hydrogens is 158 g/mol. The number of quaternary nitrogens is 1. The van der Waals surface area contributed by atoms with Gasteiger partial charge in [-0.1, -0.05) is 0 Å². The molecule has 4 heteroatoms. The summed E-state index contributed by atoms with van der Waals surface area (Å²) in [6.45, 7) is 3.39. The molecule has 0 aromatic rings. The number of rotatable bonds is 1. The minimum Gasteiger partial charge on any atom is -0.724 e. The van der Waals surface area contributed by atoms with Crippen LogP contribution in [0.3, 0.4) is 0 Å². The van der Waals surface area contributed by atoms with Gasteiger partial charge in [-0.05, 0) is 6.92 Å². The standard InChI is InChI=1S/C5H14N.CH4O2.Ar/c1-5-6(2,3)4;1-3-2;/h5H2,1-4H3;2H,1H3;/q+1;;/p-1. The zero-order chi connectivity index (χ0) is 7.91. The van der Waals surface area contributed by atoms with E-state index in [9.17, 15) is 0 Å². The molecule has 0 spiro atoms. The largest absolute Gasteiger partial charge is 0.724 e. The van der Waals surface area contributed by atoms with E-state index in [1.807, 2.05) is 0 Å². The van der Waals surface area contributed by atoms with Crippen molar-refractivity contribution in [3.63, 3.8) is 0 Å². The average Bonchev–Trinajstić information content (AvgIpc) is 1.67. The first-order valence-electron chi connectivity index (χ1n) is 2.94. The minimum absolute atomic E-state index is 0. The Kier molecular flexibility index (Phi) is 17.5. The molecule has 0 bridgehead atoms. The number of hydrogen-bond acceptors (Lipinski definition) is 2. The zero-order valence-electron chi connectivity index (χ0n) is 7.32. The summed E-state index contributed by atoms with van der Waals surface area (Å²) in [6, 6.07) is 0. The maximum atomic E-state index is 8.43. The fraction of sp³-hybridized carbons (Fsp3) is 1.00. The normalized spacial score (nSPS) is 9.00. The topological polar surface area (TPSA) is 32.3 Å². The molecule has 0 aliphatic heterocycles. The summed E-state index contributed by atoms with van der Waals surface area (Å²) in [5, 5.41) is 8.43. The molecule has 0 saturated carbocycles. The van der Waals surface area contributed by atoms with E-state index in [4.69, 9.17) is 5.26 Å². The van der Waals surface area contributed by atoms with Crippen LogP contribution in [0.5, 0.6) is 0 Å². The quantitative estimate of drug-likeness (QED) is 0.309. The van der Waals surface area contributed by atoms with Crippen molar-refractivity contribution in [2.75, 3.05) is 34.8 Å². The molecule has 0 aliphatic carbocycles. The molecular formula is C6H17ArNO2. The third kappa shape index (κ3) is 35.3. The van der Waals surface area contributed by atoms with Crippen LogP contribution in [0.15, 0.2) is 0 Å². The monoisotopic (exact) mass is 175 g/mol. The molecule has 10 heavy (non-hydrogen) atoms. The second-order valence-corrected chi connectivity index (χ2v) is 2.77. The Hall–Kier alpha value is 1.14. The van der Waals surface area contributed by atoms with Crippen LogP contribution < -0.4 is 5.26 Å². The van der Waals surface area contributed by atoms with Gasteiger partial charge in [0.25, 0.3) is 0 Å². The van der Waals surface area contributed by atoms with Crippen LogP contribution in [-0.2, 0) is 4.89 Å². The summed E-state index contributed by atoms with van der Waals surface area (Å²) in [5.74, 6) is 0. The Balaban J connectivity index is -0.000000107. The van der Waals surface area contributed by atoms with Gasteiger partial charge in [-0.3, -0.25) is 0 Å². The molecule has 0 rings (SSSR count). The second kappa shape index (κ2) is 10.1. The van der Waals surface area contributed by atoms with Gasteiger partial charge in [0.15, 0.2) is 0 Å². The first-order chi connectivity index (χ1) is 3.97. The molecule has 0 aromatic carbocycles. The summed E-state index contributed by atoms with van der Waals surface area (Å²) < 4.78 is 1.07. The van der Waals surface area contributed by atoms with Gasteiger partial charge in [0, 0.05) is 44.8 Å². The van der Waals surface area contributed by atoms with Crippen LogP contribution in [0.1, 0.15) is 6.92 Å². The van der Waals surface area contributed by atoms with Gasteiger partial charge in [0.05, 0.1) is 27.7 Å². The van der Waals surface area contributed by atoms with Crippen molar-refractivity contribution in [2.24, 2.45) is 0 Å². The van der Waals surface area contributed by atoms with E-state index >= 15 is 0 Å². The van der Waals surface area contributed by atoms with E-state index in [1.165, 1.54) is 6.54 Å². The van der Waals surface area contributed by atoms with E-state index in [0.717, 1.165) is 11.6 Å². The van der Waals surface area contributed by atoms with Crippen molar-refractivity contribution in [1.29, 1.82) is 0 Å². The number of nitrogens with zero attached hydrogens (tertiary/aromatic N) is 1. The van der Waals surface area contributed by atoms with Crippen molar-refractivity contribution in [2.45, 2.75) is 6.92 Å². The summed E-state index contributed by atoms with van der Waals surface area (Å²) in [4.78, 5) is 3.00. The van der Waals surface area contributed by atoms with E-state index in [0.29, 0.717) is 0 Å². The fourth-order valence-corrected chi connectivity index (χ4v) is 0. The van der Waals surface area contributed by atoms with Crippen LogP contribution >= 0.6 is 0 Å². The van der Waals surface area contributed by atoms with Gasteiger partial charge < -0.3 is 14.6 Å². The Bertz CT molecular complexity index is 54.2. The van der Waals surface area contributed by atoms with Crippen molar-refractivity contribution in [3.05, 3.63) is 0 Å². The third-order valence-electron chi connectivity index (χ3n) is 0.949. The molecule has 0 aromatic heterocycles. The van der Waals surface area contributed by atoms with Gasteiger partial charge in [-0.15, -0.1) is 0 Å². The molecule has 0 radical (unpaired) electrons. The van der Waals surface area contributed by atoms with Crippen LogP contribution in [0.25, 0.3) is 0 Å². The van der Waals surface area contributed by atoms with Gasteiger partial charge >= 0.3 is 0 Å². The maximum absolute atomic E-state index is 8.43. The summed E-state index contributed by atoms with van der Waals surface area (Å²) in [7, 11) is 7.61. The van der Waals surface area contributed by atoms with Crippen LogP contribution in [0.4, 0.5) is 0 Å². The van der Waals surface area contributed by atoms with Crippen LogP contribution in [0.2, 0.25) is 0 Å². The Morgan fingerprint density at radius 1 is 1.30 bits per heavy atom. The van der Waals surface area contributed by atoms with E-state index in [-0.39, 0.29) is 37.7 Å². The molecule has 0 unspecified atom stereocenters. The third-order valence-corrected chi connectivity index (χ3v) is 0.949. The first kappa shape index (κ1) is 17.3. The van der Waals surface area contributed by atoms with Crippen molar-refractivity contribution in [3.8, 4) is 0 Å². The minimum atomic E-state index is 0. The summed E-state index contributed by atoms with van der Waals surface area (Å²) in [5.41, 5.74) is 0. The van der Waals surface area contributed by atoms with Gasteiger partial charge in [-0.2, -0.15) is 0 Å². The SMILES string of the molecule is CC[N+](C)(C)C.CO[O-].[Ar]. The molecule has 0 atom stereocenters.